The minimum atomic E-state index is 0.321. The Morgan fingerprint density at radius 2 is 1.77 bits per heavy atom. The van der Waals surface area contributed by atoms with Crippen molar-refractivity contribution < 1.29 is 0 Å². The van der Waals surface area contributed by atoms with Crippen molar-refractivity contribution in [2.24, 2.45) is 0 Å². The number of benzene rings is 1. The van der Waals surface area contributed by atoms with Crippen molar-refractivity contribution in [3.05, 3.63) is 52.4 Å². The molecule has 0 saturated carbocycles. The summed E-state index contributed by atoms with van der Waals surface area (Å²) in [6.07, 6.45) is 2.70. The zero-order valence-corrected chi connectivity index (χ0v) is 13.8. The summed E-state index contributed by atoms with van der Waals surface area (Å²) >= 11 is 6.03. The average molecular weight is 317 g/mol. The summed E-state index contributed by atoms with van der Waals surface area (Å²) in [5.74, 6) is 0.980. The van der Waals surface area contributed by atoms with E-state index in [1.807, 2.05) is 6.20 Å². The molecular formula is C17H21ClN4. The van der Waals surface area contributed by atoms with Gasteiger partial charge in [0.1, 0.15) is 5.82 Å². The molecule has 0 unspecified atom stereocenters. The van der Waals surface area contributed by atoms with E-state index in [9.17, 15) is 0 Å². The minimum absolute atomic E-state index is 0.321. The number of anilines is 1. The van der Waals surface area contributed by atoms with Gasteiger partial charge in [-0.05, 0) is 31.1 Å². The Bertz CT molecular complexity index is 634. The van der Waals surface area contributed by atoms with E-state index in [-0.39, 0.29) is 0 Å². The Labute approximate surface area is 136 Å². The molecule has 1 aromatic heterocycles. The van der Waals surface area contributed by atoms with Crippen LogP contribution in [0, 0.1) is 6.92 Å². The second-order valence-electron chi connectivity index (χ2n) is 5.94. The Balaban J connectivity index is 1.85. The molecule has 4 nitrogen and oxygen atoms in total. The highest BCUT2D eigenvalue weighted by Gasteiger charge is 2.19. The number of likely N-dealkylation sites (N-methyl/N-ethyl adjacent to an activating group) is 1. The molecule has 1 aliphatic rings. The van der Waals surface area contributed by atoms with Gasteiger partial charge in [-0.1, -0.05) is 29.8 Å². The van der Waals surface area contributed by atoms with E-state index in [0.717, 1.165) is 44.0 Å². The van der Waals surface area contributed by atoms with Crippen LogP contribution in [-0.2, 0) is 6.42 Å². The van der Waals surface area contributed by atoms with E-state index < -0.39 is 0 Å². The van der Waals surface area contributed by atoms with Crippen LogP contribution >= 0.6 is 11.6 Å². The summed E-state index contributed by atoms with van der Waals surface area (Å²) in [5, 5.41) is 0.321. The SMILES string of the molecule is Cc1ccc(Cc2cnc(Cl)nc2N2CCN(C)CC2)cc1. The summed E-state index contributed by atoms with van der Waals surface area (Å²) in [6, 6.07) is 8.61. The number of piperazine rings is 1. The Morgan fingerprint density at radius 3 is 2.45 bits per heavy atom. The monoisotopic (exact) mass is 316 g/mol. The Morgan fingerprint density at radius 1 is 1.09 bits per heavy atom. The van der Waals surface area contributed by atoms with Gasteiger partial charge >= 0.3 is 0 Å². The zero-order valence-electron chi connectivity index (χ0n) is 13.1. The van der Waals surface area contributed by atoms with E-state index in [1.165, 1.54) is 11.1 Å². The molecule has 0 radical (unpaired) electrons. The lowest BCUT2D eigenvalue weighted by atomic mass is 10.0. The van der Waals surface area contributed by atoms with Crippen molar-refractivity contribution in [3.8, 4) is 0 Å². The molecule has 1 aromatic carbocycles. The molecule has 0 N–H and O–H groups in total. The van der Waals surface area contributed by atoms with Crippen LogP contribution in [0.1, 0.15) is 16.7 Å². The number of nitrogens with zero attached hydrogens (tertiary/aromatic N) is 4. The molecule has 0 bridgehead atoms. The molecule has 22 heavy (non-hydrogen) atoms. The van der Waals surface area contributed by atoms with Gasteiger partial charge < -0.3 is 9.80 Å². The lowest BCUT2D eigenvalue weighted by molar-refractivity contribution is 0.312. The van der Waals surface area contributed by atoms with Crippen LogP contribution in [-0.4, -0.2) is 48.1 Å². The molecule has 116 valence electrons. The fraction of sp³-hybridized carbons (Fsp3) is 0.412. The zero-order chi connectivity index (χ0) is 15.5. The predicted molar refractivity (Wildman–Crippen MR) is 90.7 cm³/mol. The van der Waals surface area contributed by atoms with Crippen molar-refractivity contribution in [1.82, 2.24) is 14.9 Å². The lowest BCUT2D eigenvalue weighted by Gasteiger charge is -2.34. The van der Waals surface area contributed by atoms with Crippen molar-refractivity contribution >= 4 is 17.4 Å². The Kier molecular flexibility index (Phi) is 4.60. The average Bonchev–Trinajstić information content (AvgIpc) is 2.52. The highest BCUT2D eigenvalue weighted by atomic mass is 35.5. The maximum Gasteiger partial charge on any atom is 0.224 e. The van der Waals surface area contributed by atoms with Crippen molar-refractivity contribution in [2.75, 3.05) is 38.1 Å². The first kappa shape index (κ1) is 15.3. The summed E-state index contributed by atoms with van der Waals surface area (Å²) in [7, 11) is 2.15. The van der Waals surface area contributed by atoms with E-state index in [4.69, 9.17) is 11.6 Å². The fourth-order valence-corrected chi connectivity index (χ4v) is 2.85. The van der Waals surface area contributed by atoms with Crippen molar-refractivity contribution in [2.45, 2.75) is 13.3 Å². The number of hydrogen-bond donors (Lipinski definition) is 0. The van der Waals surface area contributed by atoms with E-state index in [1.54, 1.807) is 0 Å². The van der Waals surface area contributed by atoms with E-state index in [0.29, 0.717) is 5.28 Å². The summed E-state index contributed by atoms with van der Waals surface area (Å²) in [4.78, 5) is 13.3. The molecule has 0 aliphatic carbocycles. The van der Waals surface area contributed by atoms with Gasteiger partial charge in [-0.25, -0.2) is 9.97 Å². The quantitative estimate of drug-likeness (QED) is 0.815. The van der Waals surface area contributed by atoms with Crippen LogP contribution in [0.15, 0.2) is 30.5 Å². The van der Waals surface area contributed by atoms with Crippen LogP contribution in [0.3, 0.4) is 0 Å². The fourth-order valence-electron chi connectivity index (χ4n) is 2.72. The summed E-state index contributed by atoms with van der Waals surface area (Å²) in [6.45, 7) is 6.15. The second-order valence-corrected chi connectivity index (χ2v) is 6.28. The maximum atomic E-state index is 6.03. The first-order chi connectivity index (χ1) is 10.6. The topological polar surface area (TPSA) is 32.3 Å². The number of aromatic nitrogens is 2. The van der Waals surface area contributed by atoms with E-state index in [2.05, 4.69) is 58.0 Å². The minimum Gasteiger partial charge on any atom is -0.354 e. The molecule has 2 aromatic rings. The van der Waals surface area contributed by atoms with Gasteiger partial charge in [0, 0.05) is 44.4 Å². The van der Waals surface area contributed by atoms with Gasteiger partial charge in [0.15, 0.2) is 0 Å². The van der Waals surface area contributed by atoms with Gasteiger partial charge in [-0.15, -0.1) is 0 Å². The largest absolute Gasteiger partial charge is 0.354 e. The van der Waals surface area contributed by atoms with Gasteiger partial charge in [0.25, 0.3) is 0 Å². The molecule has 5 heteroatoms. The third-order valence-corrected chi connectivity index (χ3v) is 4.31. The highest BCUT2D eigenvalue weighted by molar-refractivity contribution is 6.28. The number of halogens is 1. The predicted octanol–water partition coefficient (Wildman–Crippen LogP) is 2.78. The molecule has 1 aliphatic heterocycles. The molecule has 0 atom stereocenters. The molecule has 2 heterocycles. The standard InChI is InChI=1S/C17H21ClN4/c1-13-3-5-14(6-4-13)11-15-12-19-17(18)20-16(15)22-9-7-21(2)8-10-22/h3-6,12H,7-11H2,1-2H3. The normalized spacial score (nSPS) is 16.0. The third-order valence-electron chi connectivity index (χ3n) is 4.13. The molecular weight excluding hydrogens is 296 g/mol. The van der Waals surface area contributed by atoms with Gasteiger partial charge in [-0.2, -0.15) is 0 Å². The number of rotatable bonds is 3. The van der Waals surface area contributed by atoms with Gasteiger partial charge in [0.2, 0.25) is 5.28 Å². The van der Waals surface area contributed by atoms with E-state index >= 15 is 0 Å². The van der Waals surface area contributed by atoms with Crippen LogP contribution in [0.2, 0.25) is 5.28 Å². The van der Waals surface area contributed by atoms with Crippen molar-refractivity contribution in [1.29, 1.82) is 0 Å². The first-order valence-corrected chi connectivity index (χ1v) is 8.00. The Hall–Kier alpha value is -1.65. The molecule has 1 saturated heterocycles. The lowest BCUT2D eigenvalue weighted by Crippen LogP contribution is -2.45. The van der Waals surface area contributed by atoms with Crippen LogP contribution in [0.5, 0.6) is 0 Å². The number of hydrogen-bond acceptors (Lipinski definition) is 4. The van der Waals surface area contributed by atoms with Crippen LogP contribution in [0.4, 0.5) is 5.82 Å². The second kappa shape index (κ2) is 6.63. The van der Waals surface area contributed by atoms with Crippen molar-refractivity contribution in [3.63, 3.8) is 0 Å². The highest BCUT2D eigenvalue weighted by Crippen LogP contribution is 2.23. The summed E-state index contributed by atoms with van der Waals surface area (Å²) < 4.78 is 0. The molecule has 0 amide bonds. The smallest absolute Gasteiger partial charge is 0.224 e. The molecule has 3 rings (SSSR count). The summed E-state index contributed by atoms with van der Waals surface area (Å²) in [5.41, 5.74) is 3.68. The van der Waals surface area contributed by atoms with Gasteiger partial charge in [-0.3, -0.25) is 0 Å². The third kappa shape index (κ3) is 3.57. The molecule has 1 fully saturated rings. The van der Waals surface area contributed by atoms with Crippen LogP contribution in [0.25, 0.3) is 0 Å². The maximum absolute atomic E-state index is 6.03. The first-order valence-electron chi connectivity index (χ1n) is 7.62. The number of aryl methyl sites for hydroxylation is 1. The van der Waals surface area contributed by atoms with Gasteiger partial charge in [0.05, 0.1) is 0 Å². The molecule has 0 spiro atoms. The van der Waals surface area contributed by atoms with Crippen LogP contribution < -0.4 is 4.90 Å².